The van der Waals surface area contributed by atoms with E-state index in [1.165, 1.54) is 0 Å². The number of carbonyl (C=O) groups excluding carboxylic acids is 1. The van der Waals surface area contributed by atoms with Crippen molar-refractivity contribution in [3.63, 3.8) is 0 Å². The zero-order chi connectivity index (χ0) is 22.5. The zero-order valence-corrected chi connectivity index (χ0v) is 19.2. The number of carbonyl (C=O) groups is 1. The number of aromatic nitrogens is 4. The lowest BCUT2D eigenvalue weighted by Crippen LogP contribution is -2.38. The van der Waals surface area contributed by atoms with Crippen LogP contribution in [0.5, 0.6) is 0 Å². The number of piperidine rings is 1. The molecular weight excluding hydrogens is 451 g/mol. The first-order chi connectivity index (χ1) is 15.5. The van der Waals surface area contributed by atoms with Crippen molar-refractivity contribution >= 4 is 35.1 Å². The molecule has 10 heteroatoms. The van der Waals surface area contributed by atoms with Gasteiger partial charge in [-0.1, -0.05) is 23.2 Å². The average Bonchev–Trinajstić information content (AvgIpc) is 3.20. The monoisotopic (exact) mass is 474 g/mol. The molecule has 1 aliphatic rings. The van der Waals surface area contributed by atoms with Gasteiger partial charge in [0.15, 0.2) is 0 Å². The Morgan fingerprint density at radius 1 is 1.28 bits per heavy atom. The summed E-state index contributed by atoms with van der Waals surface area (Å²) in [5, 5.41) is 7.63. The maximum Gasteiger partial charge on any atom is 0.311 e. The SMILES string of the molecule is CCOC(=O)Cc1cnc(-c2ccc(Cl)c(Cl)c2)n1-c1ccnc(N[C@H]2CCCNC2)n1. The van der Waals surface area contributed by atoms with Crippen LogP contribution in [0.2, 0.25) is 10.0 Å². The number of nitrogens with one attached hydrogen (secondary N) is 2. The summed E-state index contributed by atoms with van der Waals surface area (Å²) in [6.07, 6.45) is 5.54. The summed E-state index contributed by atoms with van der Waals surface area (Å²) < 4.78 is 6.96. The van der Waals surface area contributed by atoms with Gasteiger partial charge in [0.1, 0.15) is 11.6 Å². The summed E-state index contributed by atoms with van der Waals surface area (Å²) in [5.74, 6) is 1.36. The maximum atomic E-state index is 12.2. The minimum absolute atomic E-state index is 0.0570. The second kappa shape index (κ2) is 10.3. The molecule has 1 aromatic carbocycles. The van der Waals surface area contributed by atoms with Crippen molar-refractivity contribution in [3.8, 4) is 17.2 Å². The summed E-state index contributed by atoms with van der Waals surface area (Å²) in [6, 6.07) is 7.32. The van der Waals surface area contributed by atoms with E-state index >= 15 is 0 Å². The van der Waals surface area contributed by atoms with Gasteiger partial charge in [-0.15, -0.1) is 0 Å². The standard InChI is InChI=1S/C22H24Cl2N6O2/c1-2-32-20(31)11-16-13-27-21(14-5-6-17(23)18(24)10-14)30(16)19-7-9-26-22(29-19)28-15-4-3-8-25-12-15/h5-7,9-10,13,15,25H,2-4,8,11-12H2,1H3,(H,26,28,29)/t15-/m0/s1. The van der Waals surface area contributed by atoms with Crippen molar-refractivity contribution in [1.82, 2.24) is 24.8 Å². The van der Waals surface area contributed by atoms with Crippen LogP contribution in [0.15, 0.2) is 36.7 Å². The van der Waals surface area contributed by atoms with Crippen LogP contribution in [-0.4, -0.2) is 51.2 Å². The highest BCUT2D eigenvalue weighted by Crippen LogP contribution is 2.30. The van der Waals surface area contributed by atoms with Crippen LogP contribution >= 0.6 is 23.2 Å². The van der Waals surface area contributed by atoms with E-state index in [0.717, 1.165) is 31.5 Å². The third-order valence-corrected chi connectivity index (χ3v) is 5.88. The number of anilines is 1. The first-order valence-electron chi connectivity index (χ1n) is 10.5. The lowest BCUT2D eigenvalue weighted by atomic mass is 10.1. The number of rotatable bonds is 7. The maximum absolute atomic E-state index is 12.2. The lowest BCUT2D eigenvalue weighted by molar-refractivity contribution is -0.142. The van der Waals surface area contributed by atoms with Gasteiger partial charge in [-0.05, 0) is 50.6 Å². The molecule has 1 aliphatic heterocycles. The van der Waals surface area contributed by atoms with E-state index in [-0.39, 0.29) is 18.4 Å². The van der Waals surface area contributed by atoms with Gasteiger partial charge in [-0.2, -0.15) is 4.98 Å². The van der Waals surface area contributed by atoms with Gasteiger partial charge in [0, 0.05) is 30.5 Å². The Labute approximate surface area is 196 Å². The molecule has 2 aromatic heterocycles. The van der Waals surface area contributed by atoms with E-state index in [1.807, 2.05) is 10.6 Å². The number of hydrogen-bond acceptors (Lipinski definition) is 7. The third-order valence-electron chi connectivity index (χ3n) is 5.14. The van der Waals surface area contributed by atoms with Crippen LogP contribution in [0.25, 0.3) is 17.2 Å². The number of imidazole rings is 1. The van der Waals surface area contributed by atoms with E-state index in [4.69, 9.17) is 32.9 Å². The molecule has 1 fully saturated rings. The molecule has 0 bridgehead atoms. The fourth-order valence-electron chi connectivity index (χ4n) is 3.67. The molecule has 3 heterocycles. The minimum Gasteiger partial charge on any atom is -0.466 e. The molecule has 32 heavy (non-hydrogen) atoms. The topological polar surface area (TPSA) is 94.0 Å². The molecule has 4 rings (SSSR count). The predicted molar refractivity (Wildman–Crippen MR) is 124 cm³/mol. The van der Waals surface area contributed by atoms with Crippen LogP contribution in [0.4, 0.5) is 5.95 Å². The number of hydrogen-bond donors (Lipinski definition) is 2. The normalized spacial score (nSPS) is 16.0. The minimum atomic E-state index is -0.338. The van der Waals surface area contributed by atoms with E-state index < -0.39 is 0 Å². The second-order valence-corrected chi connectivity index (χ2v) is 8.26. The number of nitrogens with zero attached hydrogens (tertiary/aromatic N) is 4. The first kappa shape index (κ1) is 22.5. The van der Waals surface area contributed by atoms with E-state index in [0.29, 0.717) is 39.9 Å². The number of ether oxygens (including phenoxy) is 1. The predicted octanol–water partition coefficient (Wildman–Crippen LogP) is 3.91. The van der Waals surface area contributed by atoms with Crippen molar-refractivity contribution < 1.29 is 9.53 Å². The van der Waals surface area contributed by atoms with Crippen molar-refractivity contribution in [2.45, 2.75) is 32.2 Å². The highest BCUT2D eigenvalue weighted by molar-refractivity contribution is 6.42. The van der Waals surface area contributed by atoms with Crippen LogP contribution in [0.1, 0.15) is 25.5 Å². The Balaban J connectivity index is 1.73. The highest BCUT2D eigenvalue weighted by Gasteiger charge is 2.20. The van der Waals surface area contributed by atoms with Gasteiger partial charge in [0.2, 0.25) is 5.95 Å². The van der Waals surface area contributed by atoms with E-state index in [2.05, 4.69) is 20.6 Å². The lowest BCUT2D eigenvalue weighted by Gasteiger charge is -2.24. The van der Waals surface area contributed by atoms with Gasteiger partial charge < -0.3 is 15.4 Å². The summed E-state index contributed by atoms with van der Waals surface area (Å²) >= 11 is 12.3. The third kappa shape index (κ3) is 5.20. The molecule has 0 spiro atoms. The summed E-state index contributed by atoms with van der Waals surface area (Å²) in [7, 11) is 0. The van der Waals surface area contributed by atoms with Crippen LogP contribution in [0, 0.1) is 0 Å². The summed E-state index contributed by atoms with van der Waals surface area (Å²) in [4.78, 5) is 25.9. The molecule has 168 valence electrons. The van der Waals surface area contributed by atoms with Gasteiger partial charge in [0.25, 0.3) is 0 Å². The Morgan fingerprint density at radius 3 is 2.91 bits per heavy atom. The number of esters is 1. The largest absolute Gasteiger partial charge is 0.466 e. The molecule has 0 unspecified atom stereocenters. The van der Waals surface area contributed by atoms with Crippen molar-refractivity contribution in [1.29, 1.82) is 0 Å². The van der Waals surface area contributed by atoms with Gasteiger partial charge in [0.05, 0.1) is 28.8 Å². The van der Waals surface area contributed by atoms with Crippen LogP contribution in [-0.2, 0) is 16.0 Å². The second-order valence-electron chi connectivity index (χ2n) is 7.45. The van der Waals surface area contributed by atoms with Gasteiger partial charge >= 0.3 is 5.97 Å². The van der Waals surface area contributed by atoms with Crippen LogP contribution in [0.3, 0.4) is 0 Å². The fraction of sp³-hybridized carbons (Fsp3) is 0.364. The molecule has 0 aliphatic carbocycles. The smallest absolute Gasteiger partial charge is 0.311 e. The van der Waals surface area contributed by atoms with Gasteiger partial charge in [-0.25, -0.2) is 9.97 Å². The van der Waals surface area contributed by atoms with Crippen molar-refractivity contribution in [3.05, 3.63) is 52.4 Å². The van der Waals surface area contributed by atoms with E-state index in [1.54, 1.807) is 37.5 Å². The quantitative estimate of drug-likeness (QED) is 0.501. The fourth-order valence-corrected chi connectivity index (χ4v) is 3.97. The number of halogens is 2. The number of benzene rings is 1. The molecule has 3 aromatic rings. The molecule has 0 amide bonds. The summed E-state index contributed by atoms with van der Waals surface area (Å²) in [6.45, 7) is 3.97. The molecule has 8 nitrogen and oxygen atoms in total. The van der Waals surface area contributed by atoms with Gasteiger partial charge in [-0.3, -0.25) is 9.36 Å². The molecular formula is C22H24Cl2N6O2. The van der Waals surface area contributed by atoms with Crippen molar-refractivity contribution in [2.75, 3.05) is 25.0 Å². The highest BCUT2D eigenvalue weighted by atomic mass is 35.5. The van der Waals surface area contributed by atoms with Crippen LogP contribution < -0.4 is 10.6 Å². The average molecular weight is 475 g/mol. The first-order valence-corrected chi connectivity index (χ1v) is 11.3. The molecule has 1 atom stereocenters. The molecule has 2 N–H and O–H groups in total. The Hall–Kier alpha value is -2.68. The van der Waals surface area contributed by atoms with Crippen molar-refractivity contribution in [2.24, 2.45) is 0 Å². The molecule has 1 saturated heterocycles. The summed E-state index contributed by atoms with van der Waals surface area (Å²) in [5.41, 5.74) is 1.40. The molecule has 0 radical (unpaired) electrons. The Kier molecular flexibility index (Phi) is 7.24. The Morgan fingerprint density at radius 2 is 2.16 bits per heavy atom. The Bertz CT molecular complexity index is 1100. The molecule has 0 saturated carbocycles. The van der Waals surface area contributed by atoms with E-state index in [9.17, 15) is 4.79 Å². The zero-order valence-electron chi connectivity index (χ0n) is 17.6.